The van der Waals surface area contributed by atoms with Crippen molar-refractivity contribution in [3.05, 3.63) is 11.4 Å². The van der Waals surface area contributed by atoms with E-state index < -0.39 is 0 Å². The van der Waals surface area contributed by atoms with E-state index in [0.29, 0.717) is 44.7 Å². The second kappa shape index (κ2) is 9.95. The molecule has 0 aliphatic heterocycles. The highest BCUT2D eigenvalue weighted by atomic mass is 14.8. The Balaban J connectivity index is 2.79. The zero-order chi connectivity index (χ0) is 15.4. The summed E-state index contributed by atoms with van der Waals surface area (Å²) < 4.78 is 0. The zero-order valence-electron chi connectivity index (χ0n) is 12.7. The Morgan fingerprint density at radius 1 is 1.10 bits per heavy atom. The molecule has 0 bridgehead atoms. The van der Waals surface area contributed by atoms with E-state index in [4.69, 9.17) is 22.1 Å². The number of hydrogen-bond donors (Lipinski definition) is 0. The van der Waals surface area contributed by atoms with Gasteiger partial charge in [0.15, 0.2) is 0 Å². The lowest BCUT2D eigenvalue weighted by atomic mass is 9.77. The maximum absolute atomic E-state index is 8.88. The smallest absolute Gasteiger partial charge is 0.215 e. The van der Waals surface area contributed by atoms with Gasteiger partial charge in [-0.2, -0.15) is 10.5 Å². The Hall–Kier alpha value is -1.86. The summed E-state index contributed by atoms with van der Waals surface area (Å²) in [5, 5.41) is 17.8. The maximum Gasteiger partial charge on any atom is 0.215 e. The topological polar surface area (TPSA) is 64.3 Å². The first kappa shape index (κ1) is 17.2. The first-order chi connectivity index (χ1) is 10.3. The summed E-state index contributed by atoms with van der Waals surface area (Å²) in [4.78, 5) is 8.22. The molecule has 0 heterocycles. The zero-order valence-corrected chi connectivity index (χ0v) is 12.7. The molecular formula is C17H24N4. The third kappa shape index (κ3) is 6.42. The molecule has 1 fully saturated rings. The van der Waals surface area contributed by atoms with Crippen LogP contribution >= 0.6 is 0 Å². The van der Waals surface area contributed by atoms with Crippen molar-refractivity contribution in [1.29, 1.82) is 10.5 Å². The molecule has 0 aromatic heterocycles. The molecule has 1 saturated carbocycles. The predicted octanol–water partition coefficient (Wildman–Crippen LogP) is 4.29. The van der Waals surface area contributed by atoms with Gasteiger partial charge < -0.3 is 4.85 Å². The number of nitrogens with zero attached hydrogens (tertiary/aromatic N) is 4. The number of nitriles is 2. The van der Waals surface area contributed by atoms with Gasteiger partial charge in [-0.1, -0.05) is 19.3 Å². The lowest BCUT2D eigenvalue weighted by molar-refractivity contribution is 0.351. The van der Waals surface area contributed by atoms with Crippen LogP contribution in [0.5, 0.6) is 0 Å². The van der Waals surface area contributed by atoms with E-state index in [1.807, 2.05) is 6.21 Å². The van der Waals surface area contributed by atoms with E-state index in [2.05, 4.69) is 17.0 Å². The third-order valence-electron chi connectivity index (χ3n) is 4.32. The van der Waals surface area contributed by atoms with E-state index in [9.17, 15) is 0 Å². The van der Waals surface area contributed by atoms with Crippen LogP contribution in [0.4, 0.5) is 0 Å². The van der Waals surface area contributed by atoms with Crippen molar-refractivity contribution in [3.8, 4) is 12.1 Å². The first-order valence-electron chi connectivity index (χ1n) is 7.88. The van der Waals surface area contributed by atoms with Crippen LogP contribution in [0, 0.1) is 34.6 Å². The van der Waals surface area contributed by atoms with Crippen LogP contribution in [-0.4, -0.2) is 18.8 Å². The molecule has 0 aromatic rings. The number of rotatable bonds is 8. The summed E-state index contributed by atoms with van der Waals surface area (Å²) in [5.74, 6) is 0. The fourth-order valence-electron chi connectivity index (χ4n) is 2.95. The monoisotopic (exact) mass is 284 g/mol. The average Bonchev–Trinajstić information content (AvgIpc) is 2.54. The standard InChI is InChI=1S/C17H24N4/c1-20-14-11-17(9-5-12-18,10-6-13-19)15-21-16-7-3-2-4-8-16/h15-16H,2-11,14H2. The molecule has 0 unspecified atom stereocenters. The molecule has 21 heavy (non-hydrogen) atoms. The van der Waals surface area contributed by atoms with Gasteiger partial charge in [-0.15, -0.1) is 0 Å². The Kier molecular flexibility index (Phi) is 8.15. The van der Waals surface area contributed by atoms with Crippen LogP contribution in [0.25, 0.3) is 4.85 Å². The molecule has 0 aromatic carbocycles. The molecule has 0 saturated heterocycles. The summed E-state index contributed by atoms with van der Waals surface area (Å²) in [6.07, 6.45) is 11.1. The fraction of sp³-hybridized carbons (Fsp3) is 0.765. The Labute approximate surface area is 128 Å². The summed E-state index contributed by atoms with van der Waals surface area (Å²) in [7, 11) is 0. The molecule has 1 aliphatic carbocycles. The molecule has 4 heteroatoms. The van der Waals surface area contributed by atoms with Crippen LogP contribution in [0.1, 0.15) is 64.2 Å². The highest BCUT2D eigenvalue weighted by Crippen LogP contribution is 2.33. The van der Waals surface area contributed by atoms with Gasteiger partial charge in [0.2, 0.25) is 6.54 Å². The fourth-order valence-corrected chi connectivity index (χ4v) is 2.95. The summed E-state index contributed by atoms with van der Waals surface area (Å²) in [5.41, 5.74) is -0.243. The normalized spacial score (nSPS) is 16.2. The van der Waals surface area contributed by atoms with Gasteiger partial charge in [0.05, 0.1) is 12.1 Å². The second-order valence-corrected chi connectivity index (χ2v) is 5.88. The molecule has 0 N–H and O–H groups in total. The molecule has 1 rings (SSSR count). The average molecular weight is 284 g/mol. The van der Waals surface area contributed by atoms with Gasteiger partial charge in [-0.25, -0.2) is 6.57 Å². The van der Waals surface area contributed by atoms with Gasteiger partial charge in [-0.3, -0.25) is 4.99 Å². The van der Waals surface area contributed by atoms with Crippen molar-refractivity contribution in [3.63, 3.8) is 0 Å². The van der Waals surface area contributed by atoms with E-state index >= 15 is 0 Å². The summed E-state index contributed by atoms with van der Waals surface area (Å²) in [6, 6.07) is 4.78. The van der Waals surface area contributed by atoms with E-state index in [0.717, 1.165) is 12.8 Å². The van der Waals surface area contributed by atoms with Crippen LogP contribution < -0.4 is 0 Å². The second-order valence-electron chi connectivity index (χ2n) is 5.88. The largest absolute Gasteiger partial charge is 0.317 e. The molecule has 1 aliphatic rings. The lowest BCUT2D eigenvalue weighted by Gasteiger charge is -2.28. The number of aliphatic imine (C=N–C) groups is 1. The maximum atomic E-state index is 8.88. The molecule has 0 spiro atoms. The van der Waals surface area contributed by atoms with Crippen molar-refractivity contribution in [2.75, 3.05) is 6.54 Å². The molecular weight excluding hydrogens is 260 g/mol. The third-order valence-corrected chi connectivity index (χ3v) is 4.32. The predicted molar refractivity (Wildman–Crippen MR) is 83.6 cm³/mol. The van der Waals surface area contributed by atoms with Crippen molar-refractivity contribution >= 4 is 6.21 Å². The van der Waals surface area contributed by atoms with Crippen LogP contribution in [0.15, 0.2) is 4.99 Å². The Morgan fingerprint density at radius 3 is 2.24 bits per heavy atom. The summed E-state index contributed by atoms with van der Waals surface area (Å²) >= 11 is 0. The van der Waals surface area contributed by atoms with E-state index in [1.54, 1.807) is 0 Å². The molecule has 0 radical (unpaired) electrons. The van der Waals surface area contributed by atoms with Gasteiger partial charge in [0.1, 0.15) is 0 Å². The van der Waals surface area contributed by atoms with Crippen molar-refractivity contribution in [2.24, 2.45) is 10.4 Å². The Bertz CT molecular complexity index is 395. The quantitative estimate of drug-likeness (QED) is 0.493. The highest BCUT2D eigenvalue weighted by Gasteiger charge is 2.29. The first-order valence-corrected chi connectivity index (χ1v) is 7.88. The van der Waals surface area contributed by atoms with Crippen molar-refractivity contribution in [1.82, 2.24) is 0 Å². The van der Waals surface area contributed by atoms with E-state index in [-0.39, 0.29) is 5.41 Å². The van der Waals surface area contributed by atoms with Crippen molar-refractivity contribution in [2.45, 2.75) is 70.3 Å². The Morgan fingerprint density at radius 2 is 1.71 bits per heavy atom. The van der Waals surface area contributed by atoms with Crippen LogP contribution in [-0.2, 0) is 0 Å². The van der Waals surface area contributed by atoms with Gasteiger partial charge in [0, 0.05) is 36.9 Å². The van der Waals surface area contributed by atoms with Gasteiger partial charge >= 0.3 is 0 Å². The van der Waals surface area contributed by atoms with E-state index in [1.165, 1.54) is 19.3 Å². The molecule has 0 amide bonds. The minimum Gasteiger partial charge on any atom is -0.317 e. The van der Waals surface area contributed by atoms with Gasteiger partial charge in [-0.05, 0) is 25.7 Å². The summed E-state index contributed by atoms with van der Waals surface area (Å²) in [6.45, 7) is 7.45. The minimum absolute atomic E-state index is 0.243. The highest BCUT2D eigenvalue weighted by molar-refractivity contribution is 5.66. The van der Waals surface area contributed by atoms with Crippen molar-refractivity contribution < 1.29 is 0 Å². The minimum atomic E-state index is -0.243. The SMILES string of the molecule is [C-]#[N+]CCC(C=NC1CCCCC1)(CCC#N)CCC#N. The van der Waals surface area contributed by atoms with Crippen LogP contribution in [0.2, 0.25) is 0 Å². The molecule has 4 nitrogen and oxygen atoms in total. The number of hydrogen-bond acceptors (Lipinski definition) is 3. The molecule has 0 atom stereocenters. The van der Waals surface area contributed by atoms with Gasteiger partial charge in [0.25, 0.3) is 0 Å². The lowest BCUT2D eigenvalue weighted by Crippen LogP contribution is -2.25. The van der Waals surface area contributed by atoms with Crippen LogP contribution in [0.3, 0.4) is 0 Å². The molecule has 112 valence electrons.